The van der Waals surface area contributed by atoms with Crippen molar-refractivity contribution >= 4 is 39.2 Å². The SMILES string of the molecule is CCOc1cc(/C=N/NS(=O)(=O)c2cccs2)cc(Cl)c1OCC(C)C. The first-order chi connectivity index (χ1) is 12.3. The Morgan fingerprint density at radius 3 is 2.73 bits per heavy atom. The molecule has 0 saturated carbocycles. The van der Waals surface area contributed by atoms with E-state index in [-0.39, 0.29) is 4.21 Å². The molecule has 1 heterocycles. The summed E-state index contributed by atoms with van der Waals surface area (Å²) in [4.78, 5) is 2.17. The van der Waals surface area contributed by atoms with Crippen LogP contribution >= 0.6 is 22.9 Å². The molecule has 1 N–H and O–H groups in total. The Morgan fingerprint density at radius 2 is 2.12 bits per heavy atom. The summed E-state index contributed by atoms with van der Waals surface area (Å²) in [7, 11) is -3.66. The van der Waals surface area contributed by atoms with Gasteiger partial charge in [-0.15, -0.1) is 11.3 Å². The number of thiophene rings is 1. The molecule has 0 aliphatic heterocycles. The molecule has 142 valence electrons. The van der Waals surface area contributed by atoms with Crippen LogP contribution in [0.15, 0.2) is 39.0 Å². The van der Waals surface area contributed by atoms with Crippen molar-refractivity contribution in [1.82, 2.24) is 4.83 Å². The number of nitrogens with one attached hydrogen (secondary N) is 1. The molecule has 0 atom stereocenters. The number of nitrogens with zero attached hydrogens (tertiary/aromatic N) is 1. The van der Waals surface area contributed by atoms with Crippen molar-refractivity contribution in [3.8, 4) is 11.5 Å². The second kappa shape index (κ2) is 9.25. The molecular weight excluding hydrogens is 396 g/mol. The molecule has 1 aromatic heterocycles. The normalized spacial score (nSPS) is 11.9. The number of halogens is 1. The summed E-state index contributed by atoms with van der Waals surface area (Å²) < 4.78 is 35.6. The molecule has 0 aliphatic rings. The first-order valence-corrected chi connectivity index (χ1v) is 10.7. The summed E-state index contributed by atoms with van der Waals surface area (Å²) in [5.41, 5.74) is 0.587. The van der Waals surface area contributed by atoms with Gasteiger partial charge in [0, 0.05) is 0 Å². The third kappa shape index (κ3) is 5.62. The zero-order chi connectivity index (χ0) is 19.2. The monoisotopic (exact) mass is 416 g/mol. The van der Waals surface area contributed by atoms with Gasteiger partial charge in [0.1, 0.15) is 4.21 Å². The fourth-order valence-electron chi connectivity index (χ4n) is 1.95. The van der Waals surface area contributed by atoms with Crippen molar-refractivity contribution in [2.24, 2.45) is 11.0 Å². The van der Waals surface area contributed by atoms with Crippen LogP contribution in [-0.4, -0.2) is 27.8 Å². The second-order valence-electron chi connectivity index (χ2n) is 5.75. The van der Waals surface area contributed by atoms with Crippen LogP contribution in [0.4, 0.5) is 0 Å². The average molecular weight is 417 g/mol. The van der Waals surface area contributed by atoms with E-state index in [1.54, 1.807) is 23.6 Å². The lowest BCUT2D eigenvalue weighted by Crippen LogP contribution is -2.17. The summed E-state index contributed by atoms with van der Waals surface area (Å²) >= 11 is 7.42. The van der Waals surface area contributed by atoms with Crippen LogP contribution in [0.2, 0.25) is 5.02 Å². The van der Waals surface area contributed by atoms with E-state index in [1.807, 2.05) is 20.8 Å². The van der Waals surface area contributed by atoms with E-state index in [0.29, 0.717) is 41.2 Å². The van der Waals surface area contributed by atoms with Gasteiger partial charge in [0.05, 0.1) is 24.5 Å². The van der Waals surface area contributed by atoms with Gasteiger partial charge < -0.3 is 9.47 Å². The quantitative estimate of drug-likeness (QED) is 0.492. The minimum atomic E-state index is -3.66. The first kappa shape index (κ1) is 20.5. The second-order valence-corrected chi connectivity index (χ2v) is 9.00. The maximum absolute atomic E-state index is 12.0. The van der Waals surface area contributed by atoms with Crippen LogP contribution in [0.1, 0.15) is 26.3 Å². The van der Waals surface area contributed by atoms with Gasteiger partial charge in [0.15, 0.2) is 11.5 Å². The van der Waals surface area contributed by atoms with Gasteiger partial charge in [0.2, 0.25) is 0 Å². The molecule has 9 heteroatoms. The lowest BCUT2D eigenvalue weighted by molar-refractivity contribution is 0.248. The van der Waals surface area contributed by atoms with Crippen molar-refractivity contribution in [3.05, 3.63) is 40.2 Å². The Bertz CT molecular complexity index is 850. The summed E-state index contributed by atoms with van der Waals surface area (Å²) in [6.07, 6.45) is 1.37. The Kier molecular flexibility index (Phi) is 7.31. The third-order valence-electron chi connectivity index (χ3n) is 3.04. The summed E-state index contributed by atoms with van der Waals surface area (Å²) in [5.74, 6) is 1.30. The molecule has 2 rings (SSSR count). The Labute approximate surface area is 162 Å². The van der Waals surface area contributed by atoms with E-state index in [2.05, 4.69) is 9.93 Å². The molecule has 0 fully saturated rings. The molecule has 0 spiro atoms. The molecule has 0 amide bonds. The van der Waals surface area contributed by atoms with Crippen molar-refractivity contribution < 1.29 is 17.9 Å². The number of benzene rings is 1. The summed E-state index contributed by atoms with van der Waals surface area (Å²) in [6.45, 7) is 6.88. The zero-order valence-electron chi connectivity index (χ0n) is 14.7. The molecule has 0 saturated heterocycles. The van der Waals surface area contributed by atoms with E-state index in [4.69, 9.17) is 21.1 Å². The molecule has 2 aromatic rings. The molecule has 26 heavy (non-hydrogen) atoms. The maximum atomic E-state index is 12.0. The van der Waals surface area contributed by atoms with Crippen LogP contribution < -0.4 is 14.3 Å². The molecule has 0 aliphatic carbocycles. The highest BCUT2D eigenvalue weighted by atomic mass is 35.5. The van der Waals surface area contributed by atoms with Crippen LogP contribution in [0.25, 0.3) is 0 Å². The molecule has 1 aromatic carbocycles. The molecule has 0 bridgehead atoms. The van der Waals surface area contributed by atoms with Gasteiger partial charge in [-0.05, 0) is 42.0 Å². The Balaban J connectivity index is 2.19. The van der Waals surface area contributed by atoms with Crippen molar-refractivity contribution in [2.75, 3.05) is 13.2 Å². The van der Waals surface area contributed by atoms with E-state index < -0.39 is 10.0 Å². The van der Waals surface area contributed by atoms with Gasteiger partial charge >= 0.3 is 0 Å². The van der Waals surface area contributed by atoms with E-state index in [9.17, 15) is 8.42 Å². The summed E-state index contributed by atoms with van der Waals surface area (Å²) in [6, 6.07) is 6.51. The van der Waals surface area contributed by atoms with Gasteiger partial charge in [-0.2, -0.15) is 18.4 Å². The number of sulfonamides is 1. The van der Waals surface area contributed by atoms with Crippen LogP contribution in [-0.2, 0) is 10.0 Å². The average Bonchev–Trinajstić information content (AvgIpc) is 3.09. The predicted molar refractivity (Wildman–Crippen MR) is 105 cm³/mol. The highest BCUT2D eigenvalue weighted by molar-refractivity contribution is 7.91. The fourth-order valence-corrected chi connectivity index (χ4v) is 3.99. The predicted octanol–water partition coefficient (Wildman–Crippen LogP) is 4.15. The lowest BCUT2D eigenvalue weighted by atomic mass is 10.2. The van der Waals surface area contributed by atoms with E-state index in [0.717, 1.165) is 11.3 Å². The summed E-state index contributed by atoms with van der Waals surface area (Å²) in [5, 5.41) is 5.86. The highest BCUT2D eigenvalue weighted by Crippen LogP contribution is 2.36. The fraction of sp³-hybridized carbons (Fsp3) is 0.353. The van der Waals surface area contributed by atoms with Crippen molar-refractivity contribution in [2.45, 2.75) is 25.0 Å². The van der Waals surface area contributed by atoms with Crippen LogP contribution in [0.3, 0.4) is 0 Å². The van der Waals surface area contributed by atoms with Gasteiger partial charge in [-0.1, -0.05) is 31.5 Å². The number of ether oxygens (including phenoxy) is 2. The maximum Gasteiger partial charge on any atom is 0.286 e. The Morgan fingerprint density at radius 1 is 1.35 bits per heavy atom. The van der Waals surface area contributed by atoms with E-state index in [1.165, 1.54) is 12.3 Å². The third-order valence-corrected chi connectivity index (χ3v) is 5.94. The molecular formula is C17H21ClN2O4S2. The number of hydrogen-bond donors (Lipinski definition) is 1. The minimum absolute atomic E-state index is 0.195. The molecule has 0 radical (unpaired) electrons. The van der Waals surface area contributed by atoms with Crippen LogP contribution in [0, 0.1) is 5.92 Å². The number of hydrogen-bond acceptors (Lipinski definition) is 6. The lowest BCUT2D eigenvalue weighted by Gasteiger charge is -2.15. The Hall–Kier alpha value is -1.77. The van der Waals surface area contributed by atoms with Crippen molar-refractivity contribution in [3.63, 3.8) is 0 Å². The van der Waals surface area contributed by atoms with E-state index >= 15 is 0 Å². The number of rotatable bonds is 9. The van der Waals surface area contributed by atoms with Gasteiger partial charge in [-0.3, -0.25) is 0 Å². The largest absolute Gasteiger partial charge is 0.490 e. The minimum Gasteiger partial charge on any atom is -0.490 e. The smallest absolute Gasteiger partial charge is 0.286 e. The van der Waals surface area contributed by atoms with Gasteiger partial charge in [0.25, 0.3) is 10.0 Å². The number of hydrazone groups is 1. The highest BCUT2D eigenvalue weighted by Gasteiger charge is 2.15. The van der Waals surface area contributed by atoms with Crippen molar-refractivity contribution in [1.29, 1.82) is 0 Å². The van der Waals surface area contributed by atoms with Gasteiger partial charge in [-0.25, -0.2) is 0 Å². The molecule has 6 nitrogen and oxygen atoms in total. The standard InChI is InChI=1S/C17H21ClN2O4S2/c1-4-23-15-9-13(8-14(18)17(15)24-11-12(2)3)10-19-20-26(21,22)16-6-5-7-25-16/h5-10,12,20H,4,11H2,1-3H3/b19-10+. The molecule has 0 unspecified atom stereocenters. The first-order valence-electron chi connectivity index (χ1n) is 8.01. The van der Waals surface area contributed by atoms with Crippen LogP contribution in [0.5, 0.6) is 11.5 Å². The topological polar surface area (TPSA) is 77.0 Å². The zero-order valence-corrected chi connectivity index (χ0v) is 17.1.